The molecule has 1 aliphatic carbocycles. The lowest BCUT2D eigenvalue weighted by Crippen LogP contribution is -2.52. The Balaban J connectivity index is 1.91. The third kappa shape index (κ3) is 7.21. The van der Waals surface area contributed by atoms with Crippen LogP contribution in [-0.2, 0) is 26.2 Å². The van der Waals surface area contributed by atoms with Crippen molar-refractivity contribution in [2.75, 3.05) is 17.1 Å². The van der Waals surface area contributed by atoms with Gasteiger partial charge in [0.05, 0.1) is 11.9 Å². The zero-order valence-corrected chi connectivity index (χ0v) is 22.3. The molecule has 9 heteroatoms. The van der Waals surface area contributed by atoms with E-state index < -0.39 is 28.5 Å². The Morgan fingerprint density at radius 1 is 1.11 bits per heavy atom. The Hall–Kier alpha value is -2.58. The molecule has 1 saturated carbocycles. The van der Waals surface area contributed by atoms with Gasteiger partial charge in [-0.2, -0.15) is 0 Å². The van der Waals surface area contributed by atoms with E-state index in [0.717, 1.165) is 47.4 Å². The van der Waals surface area contributed by atoms with Crippen molar-refractivity contribution >= 4 is 39.1 Å². The summed E-state index contributed by atoms with van der Waals surface area (Å²) in [6, 6.07) is 12.0. The molecule has 0 radical (unpaired) electrons. The van der Waals surface area contributed by atoms with Crippen molar-refractivity contribution in [1.29, 1.82) is 0 Å². The molecule has 3 rings (SSSR count). The highest BCUT2D eigenvalue weighted by Crippen LogP contribution is 2.27. The molecule has 35 heavy (non-hydrogen) atoms. The van der Waals surface area contributed by atoms with Gasteiger partial charge < -0.3 is 10.2 Å². The summed E-state index contributed by atoms with van der Waals surface area (Å²) in [4.78, 5) is 28.2. The summed E-state index contributed by atoms with van der Waals surface area (Å²) in [7, 11) is -3.80. The zero-order chi connectivity index (χ0) is 25.8. The van der Waals surface area contributed by atoms with Crippen molar-refractivity contribution in [3.8, 4) is 0 Å². The highest BCUT2D eigenvalue weighted by molar-refractivity contribution is 7.92. The van der Waals surface area contributed by atoms with E-state index in [1.165, 1.54) is 11.0 Å². The van der Waals surface area contributed by atoms with Gasteiger partial charge in [-0.15, -0.1) is 0 Å². The molecule has 1 N–H and O–H groups in total. The maximum absolute atomic E-state index is 13.6. The van der Waals surface area contributed by atoms with E-state index >= 15 is 0 Å². The lowest BCUT2D eigenvalue weighted by molar-refractivity contribution is -0.139. The van der Waals surface area contributed by atoms with Crippen LogP contribution >= 0.6 is 11.6 Å². The summed E-state index contributed by atoms with van der Waals surface area (Å²) < 4.78 is 26.5. The number of amides is 2. The van der Waals surface area contributed by atoms with Crippen molar-refractivity contribution in [1.82, 2.24) is 10.2 Å². The normalized spacial score (nSPS) is 15.0. The fourth-order valence-corrected chi connectivity index (χ4v) is 5.49. The van der Waals surface area contributed by atoms with Gasteiger partial charge in [-0.3, -0.25) is 13.9 Å². The second-order valence-electron chi connectivity index (χ2n) is 9.38. The number of anilines is 1. The molecule has 190 valence electrons. The third-order valence-corrected chi connectivity index (χ3v) is 7.78. The average Bonchev–Trinajstić information content (AvgIpc) is 3.29. The van der Waals surface area contributed by atoms with E-state index in [9.17, 15) is 18.0 Å². The van der Waals surface area contributed by atoms with Crippen LogP contribution < -0.4 is 9.62 Å². The Morgan fingerprint density at radius 2 is 1.80 bits per heavy atom. The molecule has 0 bridgehead atoms. The summed E-state index contributed by atoms with van der Waals surface area (Å²) in [6.45, 7) is 5.15. The topological polar surface area (TPSA) is 86.8 Å². The smallest absolute Gasteiger partial charge is 0.244 e. The molecule has 0 heterocycles. The molecule has 1 fully saturated rings. The van der Waals surface area contributed by atoms with Crippen molar-refractivity contribution < 1.29 is 18.0 Å². The molecule has 0 saturated heterocycles. The number of hydrogen-bond acceptors (Lipinski definition) is 4. The van der Waals surface area contributed by atoms with E-state index in [4.69, 9.17) is 11.6 Å². The van der Waals surface area contributed by atoms with Gasteiger partial charge in [0.1, 0.15) is 12.6 Å². The van der Waals surface area contributed by atoms with Crippen molar-refractivity contribution in [3.05, 3.63) is 64.2 Å². The number of nitrogens with zero attached hydrogens (tertiary/aromatic N) is 2. The number of aryl methyl sites for hydroxylation is 2. The summed E-state index contributed by atoms with van der Waals surface area (Å²) in [6.07, 6.45) is 5.07. The Kier molecular flexibility index (Phi) is 8.83. The SMILES string of the molecule is Cc1cccc(CN(C(=O)CN(c2cc(Cl)ccc2C)S(C)(=O)=O)[C@H](C)C(=O)NC2CCCC2)c1. The molecular weight excluding hydrogens is 486 g/mol. The van der Waals surface area contributed by atoms with Gasteiger partial charge in [0, 0.05) is 17.6 Å². The van der Waals surface area contributed by atoms with Crippen molar-refractivity contribution in [3.63, 3.8) is 0 Å². The van der Waals surface area contributed by atoms with E-state index in [0.29, 0.717) is 16.3 Å². The molecule has 0 spiro atoms. The first-order valence-electron chi connectivity index (χ1n) is 11.8. The number of sulfonamides is 1. The van der Waals surface area contributed by atoms with E-state index in [2.05, 4.69) is 5.32 Å². The number of carbonyl (C=O) groups excluding carboxylic acids is 2. The highest BCUT2D eigenvalue weighted by Gasteiger charge is 2.31. The molecule has 0 unspecified atom stereocenters. The van der Waals surface area contributed by atoms with Gasteiger partial charge in [0.25, 0.3) is 0 Å². The number of hydrogen-bond donors (Lipinski definition) is 1. The Labute approximate surface area is 213 Å². The molecule has 0 aliphatic heterocycles. The van der Waals surface area contributed by atoms with E-state index in [1.807, 2.05) is 31.2 Å². The summed E-state index contributed by atoms with van der Waals surface area (Å²) in [5, 5.41) is 3.43. The molecule has 2 aromatic rings. The van der Waals surface area contributed by atoms with Crippen LogP contribution in [0.1, 0.15) is 49.3 Å². The second kappa shape index (κ2) is 11.4. The Bertz CT molecular complexity index is 1180. The lowest BCUT2D eigenvalue weighted by atomic mass is 10.1. The van der Waals surface area contributed by atoms with Gasteiger partial charge in [-0.25, -0.2) is 8.42 Å². The largest absolute Gasteiger partial charge is 0.352 e. The van der Waals surface area contributed by atoms with Crippen molar-refractivity contribution in [2.45, 2.75) is 65.1 Å². The minimum Gasteiger partial charge on any atom is -0.352 e. The van der Waals surface area contributed by atoms with Gasteiger partial charge in [0.2, 0.25) is 21.8 Å². The predicted molar refractivity (Wildman–Crippen MR) is 140 cm³/mol. The second-order valence-corrected chi connectivity index (χ2v) is 11.7. The monoisotopic (exact) mass is 519 g/mol. The number of nitrogens with one attached hydrogen (secondary N) is 1. The van der Waals surface area contributed by atoms with Crippen LogP contribution in [0.3, 0.4) is 0 Å². The maximum atomic E-state index is 13.6. The van der Waals surface area contributed by atoms with Gasteiger partial charge >= 0.3 is 0 Å². The number of benzene rings is 2. The predicted octanol–water partition coefficient (Wildman–Crippen LogP) is 4.20. The molecule has 1 atom stereocenters. The van der Waals surface area contributed by atoms with Crippen LogP contribution in [0.5, 0.6) is 0 Å². The molecule has 2 amide bonds. The van der Waals surface area contributed by atoms with Crippen LogP contribution in [0.15, 0.2) is 42.5 Å². The van der Waals surface area contributed by atoms with Crippen LogP contribution in [0.4, 0.5) is 5.69 Å². The minimum absolute atomic E-state index is 0.113. The van der Waals surface area contributed by atoms with Gasteiger partial charge in [-0.1, -0.05) is 60.3 Å². The van der Waals surface area contributed by atoms with E-state index in [-0.39, 0.29) is 18.5 Å². The number of rotatable bonds is 9. The van der Waals surface area contributed by atoms with Crippen LogP contribution in [0.2, 0.25) is 5.02 Å². The molecule has 2 aromatic carbocycles. The fraction of sp³-hybridized carbons (Fsp3) is 0.462. The van der Waals surface area contributed by atoms with E-state index in [1.54, 1.807) is 26.0 Å². The molecule has 0 aromatic heterocycles. The van der Waals surface area contributed by atoms with Crippen LogP contribution in [0, 0.1) is 13.8 Å². The Morgan fingerprint density at radius 3 is 2.43 bits per heavy atom. The molecular formula is C26H34ClN3O4S. The van der Waals surface area contributed by atoms with Gasteiger partial charge in [0.15, 0.2) is 0 Å². The lowest BCUT2D eigenvalue weighted by Gasteiger charge is -2.32. The summed E-state index contributed by atoms with van der Waals surface area (Å²) in [5.41, 5.74) is 2.91. The maximum Gasteiger partial charge on any atom is 0.244 e. The number of halogens is 1. The van der Waals surface area contributed by atoms with Crippen LogP contribution in [-0.4, -0.2) is 50.0 Å². The molecule has 1 aliphatic rings. The average molecular weight is 520 g/mol. The molecule has 7 nitrogen and oxygen atoms in total. The first-order chi connectivity index (χ1) is 16.5. The van der Waals surface area contributed by atoms with Gasteiger partial charge in [-0.05, 0) is 56.9 Å². The minimum atomic E-state index is -3.80. The first kappa shape index (κ1) is 27.0. The van der Waals surface area contributed by atoms with Crippen molar-refractivity contribution in [2.24, 2.45) is 0 Å². The first-order valence-corrected chi connectivity index (χ1v) is 14.1. The summed E-state index contributed by atoms with van der Waals surface area (Å²) in [5.74, 6) is -0.701. The quantitative estimate of drug-likeness (QED) is 0.538. The zero-order valence-electron chi connectivity index (χ0n) is 20.8. The van der Waals surface area contributed by atoms with Crippen LogP contribution in [0.25, 0.3) is 0 Å². The third-order valence-electron chi connectivity index (χ3n) is 6.42. The summed E-state index contributed by atoms with van der Waals surface area (Å²) >= 11 is 6.14. The standard InChI is InChI=1S/C26H34ClN3O4S/c1-18-8-7-9-21(14-18)16-29(20(3)26(32)28-23-10-5-6-11-23)25(31)17-30(35(4,33)34)24-15-22(27)13-12-19(24)2/h7-9,12-15,20,23H,5-6,10-11,16-17H2,1-4H3,(H,28,32)/t20-/m1/s1. The fourth-order valence-electron chi connectivity index (χ4n) is 4.43. The highest BCUT2D eigenvalue weighted by atomic mass is 35.5. The number of carbonyl (C=O) groups is 2.